The zero-order chi connectivity index (χ0) is 19.4. The van der Waals surface area contributed by atoms with E-state index in [2.05, 4.69) is 10.0 Å². The summed E-state index contributed by atoms with van der Waals surface area (Å²) in [5.41, 5.74) is 0.172. The number of hydrogen-bond acceptors (Lipinski definition) is 5. The first-order chi connectivity index (χ1) is 12.1. The molecule has 0 fully saturated rings. The highest BCUT2D eigenvalue weighted by molar-refractivity contribution is 7.90. The van der Waals surface area contributed by atoms with E-state index in [4.69, 9.17) is 11.6 Å². The fourth-order valence-electron chi connectivity index (χ4n) is 2.05. The Hall–Kier alpha value is -1.94. The van der Waals surface area contributed by atoms with Crippen molar-refractivity contribution >= 4 is 37.4 Å². The summed E-state index contributed by atoms with van der Waals surface area (Å²) in [6.45, 7) is -0.00587. The molecule has 0 bridgehead atoms. The van der Waals surface area contributed by atoms with Crippen LogP contribution < -0.4 is 10.0 Å². The van der Waals surface area contributed by atoms with Crippen LogP contribution in [0.4, 0.5) is 0 Å². The maximum atomic E-state index is 12.1. The van der Waals surface area contributed by atoms with Gasteiger partial charge in [0.1, 0.15) is 0 Å². The zero-order valence-electron chi connectivity index (χ0n) is 13.8. The van der Waals surface area contributed by atoms with Gasteiger partial charge in [0.05, 0.1) is 9.79 Å². The van der Waals surface area contributed by atoms with Gasteiger partial charge in [0, 0.05) is 29.9 Å². The first kappa shape index (κ1) is 20.4. The van der Waals surface area contributed by atoms with E-state index in [-0.39, 0.29) is 28.4 Å². The Morgan fingerprint density at radius 1 is 0.962 bits per heavy atom. The quantitative estimate of drug-likeness (QED) is 0.664. The van der Waals surface area contributed by atoms with Gasteiger partial charge in [-0.25, -0.2) is 21.6 Å². The average molecular weight is 417 g/mol. The number of amides is 1. The number of carbonyl (C=O) groups is 1. The molecule has 0 aromatic heterocycles. The SMILES string of the molecule is CS(=O)(=O)c1cccc(C(=O)NCCNS(=O)(=O)c2cccc(Cl)c2)c1. The van der Waals surface area contributed by atoms with Crippen LogP contribution in [0.15, 0.2) is 58.3 Å². The molecule has 0 spiro atoms. The Morgan fingerprint density at radius 3 is 2.27 bits per heavy atom. The number of sulfonamides is 1. The predicted molar refractivity (Wildman–Crippen MR) is 98.5 cm³/mol. The number of halogens is 1. The number of carbonyl (C=O) groups excluding carboxylic acids is 1. The third-order valence-corrected chi connectivity index (χ3v) is 6.14. The third-order valence-electron chi connectivity index (χ3n) is 3.33. The Balaban J connectivity index is 1.93. The lowest BCUT2D eigenvalue weighted by atomic mass is 10.2. The molecule has 2 rings (SSSR count). The van der Waals surface area contributed by atoms with E-state index in [1.165, 1.54) is 42.5 Å². The largest absolute Gasteiger partial charge is 0.351 e. The first-order valence-electron chi connectivity index (χ1n) is 7.43. The standard InChI is InChI=1S/C16H17ClN2O5S2/c1-25(21,22)14-6-2-4-12(10-14)16(20)18-8-9-19-26(23,24)15-7-3-5-13(17)11-15/h2-7,10-11,19H,8-9H2,1H3,(H,18,20). The smallest absolute Gasteiger partial charge is 0.251 e. The molecule has 0 atom stereocenters. The van der Waals surface area contributed by atoms with Crippen LogP contribution >= 0.6 is 11.6 Å². The zero-order valence-corrected chi connectivity index (χ0v) is 16.2. The molecular weight excluding hydrogens is 400 g/mol. The van der Waals surface area contributed by atoms with Crippen molar-refractivity contribution in [3.05, 3.63) is 59.1 Å². The predicted octanol–water partition coefficient (Wildman–Crippen LogP) is 1.45. The Labute approximate surface area is 157 Å². The van der Waals surface area contributed by atoms with Gasteiger partial charge in [-0.3, -0.25) is 4.79 Å². The second-order valence-electron chi connectivity index (χ2n) is 5.41. The molecule has 0 heterocycles. The van der Waals surface area contributed by atoms with E-state index < -0.39 is 25.8 Å². The maximum absolute atomic E-state index is 12.1. The van der Waals surface area contributed by atoms with Crippen molar-refractivity contribution in [3.8, 4) is 0 Å². The van der Waals surface area contributed by atoms with E-state index in [9.17, 15) is 21.6 Å². The summed E-state index contributed by atoms with van der Waals surface area (Å²) in [5.74, 6) is -0.502. The molecule has 2 aromatic carbocycles. The minimum atomic E-state index is -3.74. The Bertz CT molecular complexity index is 1020. The van der Waals surface area contributed by atoms with Crippen LogP contribution in [0.3, 0.4) is 0 Å². The molecule has 7 nitrogen and oxygen atoms in total. The van der Waals surface area contributed by atoms with E-state index in [0.29, 0.717) is 5.02 Å². The second kappa shape index (κ2) is 8.17. The molecule has 140 valence electrons. The van der Waals surface area contributed by atoms with E-state index >= 15 is 0 Å². The molecule has 2 N–H and O–H groups in total. The molecule has 0 radical (unpaired) electrons. The van der Waals surface area contributed by atoms with Gasteiger partial charge in [0.15, 0.2) is 9.84 Å². The lowest BCUT2D eigenvalue weighted by Crippen LogP contribution is -2.34. The molecule has 2 aromatic rings. The van der Waals surface area contributed by atoms with Gasteiger partial charge in [-0.15, -0.1) is 0 Å². The summed E-state index contributed by atoms with van der Waals surface area (Å²) in [6.07, 6.45) is 1.05. The molecule has 26 heavy (non-hydrogen) atoms. The van der Waals surface area contributed by atoms with E-state index in [1.54, 1.807) is 6.07 Å². The number of benzene rings is 2. The summed E-state index contributed by atoms with van der Waals surface area (Å²) < 4.78 is 49.6. The topological polar surface area (TPSA) is 109 Å². The molecule has 0 aliphatic heterocycles. The van der Waals surface area contributed by atoms with Crippen molar-refractivity contribution in [3.63, 3.8) is 0 Å². The highest BCUT2D eigenvalue weighted by Crippen LogP contribution is 2.15. The molecular formula is C16H17ClN2O5S2. The second-order valence-corrected chi connectivity index (χ2v) is 9.63. The minimum absolute atomic E-state index is 0.0252. The normalized spacial score (nSPS) is 11.9. The van der Waals surface area contributed by atoms with Crippen LogP contribution in [0.5, 0.6) is 0 Å². The van der Waals surface area contributed by atoms with Gasteiger partial charge >= 0.3 is 0 Å². The number of nitrogens with one attached hydrogen (secondary N) is 2. The maximum Gasteiger partial charge on any atom is 0.251 e. The first-order valence-corrected chi connectivity index (χ1v) is 11.2. The van der Waals surface area contributed by atoms with Gasteiger partial charge in [-0.1, -0.05) is 23.7 Å². The van der Waals surface area contributed by atoms with Crippen LogP contribution in [-0.4, -0.2) is 42.1 Å². The van der Waals surface area contributed by atoms with Crippen molar-refractivity contribution in [1.82, 2.24) is 10.0 Å². The van der Waals surface area contributed by atoms with Gasteiger partial charge in [0.2, 0.25) is 10.0 Å². The lowest BCUT2D eigenvalue weighted by Gasteiger charge is -2.09. The number of rotatable bonds is 7. The Morgan fingerprint density at radius 2 is 1.62 bits per heavy atom. The Kier molecular flexibility index (Phi) is 6.40. The molecule has 0 saturated heterocycles. The van der Waals surface area contributed by atoms with Crippen LogP contribution in [0.2, 0.25) is 5.02 Å². The molecule has 0 aliphatic carbocycles. The molecule has 0 aliphatic rings. The summed E-state index contributed by atoms with van der Waals surface area (Å²) in [6, 6.07) is 11.4. The van der Waals surface area contributed by atoms with Crippen molar-refractivity contribution in [2.24, 2.45) is 0 Å². The van der Waals surface area contributed by atoms with Gasteiger partial charge < -0.3 is 5.32 Å². The van der Waals surface area contributed by atoms with Gasteiger partial charge in [-0.2, -0.15) is 0 Å². The van der Waals surface area contributed by atoms with E-state index in [0.717, 1.165) is 6.26 Å². The van der Waals surface area contributed by atoms with Gasteiger partial charge in [0.25, 0.3) is 5.91 Å². The van der Waals surface area contributed by atoms with Crippen molar-refractivity contribution in [2.75, 3.05) is 19.3 Å². The van der Waals surface area contributed by atoms with Crippen LogP contribution in [0.1, 0.15) is 10.4 Å². The highest BCUT2D eigenvalue weighted by atomic mass is 35.5. The van der Waals surface area contributed by atoms with Crippen molar-refractivity contribution in [1.29, 1.82) is 0 Å². The average Bonchev–Trinajstić information content (AvgIpc) is 2.58. The fourth-order valence-corrected chi connectivity index (χ4v) is 4.05. The monoisotopic (exact) mass is 416 g/mol. The molecule has 1 amide bonds. The highest BCUT2D eigenvalue weighted by Gasteiger charge is 2.14. The molecule has 0 unspecified atom stereocenters. The van der Waals surface area contributed by atoms with Crippen molar-refractivity contribution in [2.45, 2.75) is 9.79 Å². The molecule has 0 saturated carbocycles. The summed E-state index contributed by atoms with van der Waals surface area (Å²) in [5, 5.41) is 2.82. The lowest BCUT2D eigenvalue weighted by molar-refractivity contribution is 0.0954. The van der Waals surface area contributed by atoms with Crippen molar-refractivity contribution < 1.29 is 21.6 Å². The number of sulfone groups is 1. The third kappa shape index (κ3) is 5.53. The van der Waals surface area contributed by atoms with Crippen LogP contribution in [0, 0.1) is 0 Å². The number of hydrogen-bond donors (Lipinski definition) is 2. The summed E-state index contributed by atoms with van der Waals surface area (Å²) in [4.78, 5) is 12.1. The minimum Gasteiger partial charge on any atom is -0.351 e. The van der Waals surface area contributed by atoms with Crippen LogP contribution in [-0.2, 0) is 19.9 Å². The molecule has 10 heteroatoms. The summed E-state index contributed by atoms with van der Waals surface area (Å²) >= 11 is 5.77. The fraction of sp³-hybridized carbons (Fsp3) is 0.188. The van der Waals surface area contributed by atoms with Crippen LogP contribution in [0.25, 0.3) is 0 Å². The van der Waals surface area contributed by atoms with E-state index in [1.807, 2.05) is 0 Å². The van der Waals surface area contributed by atoms with Gasteiger partial charge in [-0.05, 0) is 36.4 Å². The summed E-state index contributed by atoms with van der Waals surface area (Å²) in [7, 11) is -7.16.